The van der Waals surface area contributed by atoms with Gasteiger partial charge in [0.25, 0.3) is 5.91 Å². The maximum atomic E-state index is 12.9. The normalized spacial score (nSPS) is 16.5. The average molecular weight is 338 g/mol. The Kier molecular flexibility index (Phi) is 4.59. The zero-order valence-corrected chi connectivity index (χ0v) is 14.6. The van der Waals surface area contributed by atoms with Crippen molar-refractivity contribution in [1.29, 1.82) is 0 Å². The van der Waals surface area contributed by atoms with Crippen LogP contribution in [0.15, 0.2) is 48.5 Å². The number of amides is 2. The minimum absolute atomic E-state index is 0.000116. The second-order valence-electron chi connectivity index (χ2n) is 6.44. The molecule has 0 radical (unpaired) electrons. The minimum Gasteiger partial charge on any atom is -0.364 e. The topological polar surface area (TPSA) is 67.4 Å². The summed E-state index contributed by atoms with van der Waals surface area (Å²) in [5.41, 5.74) is 2.49. The van der Waals surface area contributed by atoms with Gasteiger partial charge in [-0.1, -0.05) is 42.5 Å². The highest BCUT2D eigenvalue weighted by atomic mass is 16.5. The highest BCUT2D eigenvalue weighted by molar-refractivity contribution is 5.99. The molecule has 25 heavy (non-hydrogen) atoms. The molecule has 0 aliphatic carbocycles. The summed E-state index contributed by atoms with van der Waals surface area (Å²) in [5.74, 6) is -0.205. The third-order valence-electron chi connectivity index (χ3n) is 4.77. The number of hydrogen-bond donors (Lipinski definition) is 2. The standard InChI is InChI=1S/C20H22N2O3/c1-13(14-9-10-17-15(11-14)12-18(23)22-17)21-19(24)20(2,25-3)16-7-5-4-6-8-16/h4-11,13H,12H2,1-3H3,(H,21,24)(H,22,23)/t13-,20+/m1/s1. The fourth-order valence-electron chi connectivity index (χ4n) is 3.03. The van der Waals surface area contributed by atoms with E-state index in [4.69, 9.17) is 4.74 Å². The van der Waals surface area contributed by atoms with Gasteiger partial charge in [-0.05, 0) is 36.6 Å². The first-order chi connectivity index (χ1) is 11.9. The Bertz CT molecular complexity index is 804. The molecule has 0 bridgehead atoms. The van der Waals surface area contributed by atoms with Crippen molar-refractivity contribution in [2.75, 3.05) is 12.4 Å². The Morgan fingerprint density at radius 3 is 2.64 bits per heavy atom. The van der Waals surface area contributed by atoms with Crippen molar-refractivity contribution in [2.45, 2.75) is 31.9 Å². The quantitative estimate of drug-likeness (QED) is 0.881. The number of fused-ring (bicyclic) bond motifs is 1. The highest BCUT2D eigenvalue weighted by Gasteiger charge is 2.36. The van der Waals surface area contributed by atoms with E-state index in [0.717, 1.165) is 22.4 Å². The van der Waals surface area contributed by atoms with Gasteiger partial charge in [0, 0.05) is 12.8 Å². The number of benzene rings is 2. The van der Waals surface area contributed by atoms with Gasteiger partial charge < -0.3 is 15.4 Å². The molecule has 0 unspecified atom stereocenters. The first-order valence-electron chi connectivity index (χ1n) is 8.28. The van der Waals surface area contributed by atoms with E-state index in [1.165, 1.54) is 7.11 Å². The number of methoxy groups -OCH3 is 1. The summed E-state index contributed by atoms with van der Waals surface area (Å²) < 4.78 is 5.54. The summed E-state index contributed by atoms with van der Waals surface area (Å²) in [6.45, 7) is 3.68. The Balaban J connectivity index is 1.78. The minimum atomic E-state index is -1.07. The van der Waals surface area contributed by atoms with Gasteiger partial charge >= 0.3 is 0 Å². The zero-order chi connectivity index (χ0) is 18.0. The molecule has 2 amide bonds. The van der Waals surface area contributed by atoms with Crippen LogP contribution in [0.3, 0.4) is 0 Å². The maximum Gasteiger partial charge on any atom is 0.257 e. The van der Waals surface area contributed by atoms with Gasteiger partial charge in [0.15, 0.2) is 5.60 Å². The first-order valence-corrected chi connectivity index (χ1v) is 8.28. The SMILES string of the molecule is CO[C@](C)(C(=O)N[C@H](C)c1ccc2c(c1)CC(=O)N2)c1ccccc1. The fraction of sp³-hybridized carbons (Fsp3) is 0.300. The summed E-state index contributed by atoms with van der Waals surface area (Å²) in [5, 5.41) is 5.83. The monoisotopic (exact) mass is 338 g/mol. The highest BCUT2D eigenvalue weighted by Crippen LogP contribution is 2.29. The number of carbonyl (C=O) groups is 2. The Morgan fingerprint density at radius 2 is 1.96 bits per heavy atom. The number of carbonyl (C=O) groups excluding carboxylic acids is 2. The van der Waals surface area contributed by atoms with Crippen molar-refractivity contribution in [2.24, 2.45) is 0 Å². The molecule has 1 aliphatic rings. The number of hydrogen-bond acceptors (Lipinski definition) is 3. The average Bonchev–Trinajstić information content (AvgIpc) is 3.00. The van der Waals surface area contributed by atoms with Crippen LogP contribution in [0.25, 0.3) is 0 Å². The van der Waals surface area contributed by atoms with E-state index in [2.05, 4.69) is 10.6 Å². The van der Waals surface area contributed by atoms with E-state index in [0.29, 0.717) is 6.42 Å². The predicted octanol–water partition coefficient (Wildman–Crippen LogP) is 2.92. The Labute approximate surface area is 147 Å². The van der Waals surface area contributed by atoms with Gasteiger partial charge in [-0.15, -0.1) is 0 Å². The number of anilines is 1. The van der Waals surface area contributed by atoms with Crippen molar-refractivity contribution in [3.63, 3.8) is 0 Å². The first kappa shape index (κ1) is 17.2. The van der Waals surface area contributed by atoms with Crippen LogP contribution in [-0.2, 0) is 26.3 Å². The van der Waals surface area contributed by atoms with Gasteiger partial charge in [-0.25, -0.2) is 0 Å². The van der Waals surface area contributed by atoms with Crippen molar-refractivity contribution in [1.82, 2.24) is 5.32 Å². The molecule has 2 N–H and O–H groups in total. The van der Waals surface area contributed by atoms with Gasteiger partial charge in [-0.3, -0.25) is 9.59 Å². The van der Waals surface area contributed by atoms with Crippen LogP contribution >= 0.6 is 0 Å². The molecule has 0 saturated heterocycles. The van der Waals surface area contributed by atoms with Crippen molar-refractivity contribution < 1.29 is 14.3 Å². The summed E-state index contributed by atoms with van der Waals surface area (Å²) in [6.07, 6.45) is 0.379. The molecule has 2 aromatic rings. The second-order valence-corrected chi connectivity index (χ2v) is 6.44. The van der Waals surface area contributed by atoms with E-state index >= 15 is 0 Å². The van der Waals surface area contributed by atoms with E-state index in [9.17, 15) is 9.59 Å². The van der Waals surface area contributed by atoms with Crippen LogP contribution in [0.1, 0.15) is 36.6 Å². The summed E-state index contributed by atoms with van der Waals surface area (Å²) in [6, 6.07) is 15.0. The van der Waals surface area contributed by atoms with Crippen molar-refractivity contribution in [3.8, 4) is 0 Å². The van der Waals surface area contributed by atoms with Crippen LogP contribution in [0.2, 0.25) is 0 Å². The van der Waals surface area contributed by atoms with Crippen LogP contribution in [0.4, 0.5) is 5.69 Å². The smallest absolute Gasteiger partial charge is 0.257 e. The molecule has 0 fully saturated rings. The molecule has 2 atom stereocenters. The lowest BCUT2D eigenvalue weighted by molar-refractivity contribution is -0.143. The maximum absolute atomic E-state index is 12.9. The second kappa shape index (κ2) is 6.69. The van der Waals surface area contributed by atoms with E-state index in [1.807, 2.05) is 55.5 Å². The van der Waals surface area contributed by atoms with E-state index in [1.54, 1.807) is 6.92 Å². The number of rotatable bonds is 5. The molecule has 3 rings (SSSR count). The van der Waals surface area contributed by atoms with Crippen LogP contribution in [0.5, 0.6) is 0 Å². The lowest BCUT2D eigenvalue weighted by Crippen LogP contribution is -2.44. The summed E-state index contributed by atoms with van der Waals surface area (Å²) in [4.78, 5) is 24.4. The van der Waals surface area contributed by atoms with Gasteiger partial charge in [-0.2, -0.15) is 0 Å². The number of nitrogens with one attached hydrogen (secondary N) is 2. The van der Waals surface area contributed by atoms with Gasteiger partial charge in [0.05, 0.1) is 12.5 Å². The molecule has 5 nitrogen and oxygen atoms in total. The van der Waals surface area contributed by atoms with Crippen LogP contribution < -0.4 is 10.6 Å². The summed E-state index contributed by atoms with van der Waals surface area (Å²) in [7, 11) is 1.53. The van der Waals surface area contributed by atoms with Gasteiger partial charge in [0.2, 0.25) is 5.91 Å². The third kappa shape index (κ3) is 3.28. The lowest BCUT2D eigenvalue weighted by Gasteiger charge is -2.29. The zero-order valence-electron chi connectivity index (χ0n) is 14.6. The summed E-state index contributed by atoms with van der Waals surface area (Å²) >= 11 is 0. The molecule has 5 heteroatoms. The largest absolute Gasteiger partial charge is 0.364 e. The van der Waals surface area contributed by atoms with Crippen molar-refractivity contribution >= 4 is 17.5 Å². The van der Waals surface area contributed by atoms with Crippen LogP contribution in [0, 0.1) is 0 Å². The number of ether oxygens (including phenoxy) is 1. The Hall–Kier alpha value is -2.66. The lowest BCUT2D eigenvalue weighted by atomic mass is 9.94. The molecular weight excluding hydrogens is 316 g/mol. The molecule has 1 aliphatic heterocycles. The molecule has 0 spiro atoms. The molecule has 130 valence electrons. The van der Waals surface area contributed by atoms with Crippen molar-refractivity contribution in [3.05, 3.63) is 65.2 Å². The Morgan fingerprint density at radius 1 is 1.24 bits per heavy atom. The fourth-order valence-corrected chi connectivity index (χ4v) is 3.03. The molecule has 0 saturated carbocycles. The molecule has 0 aromatic heterocycles. The molecule has 1 heterocycles. The van der Waals surface area contributed by atoms with E-state index < -0.39 is 5.60 Å². The van der Waals surface area contributed by atoms with Gasteiger partial charge in [0.1, 0.15) is 0 Å². The predicted molar refractivity (Wildman–Crippen MR) is 96.1 cm³/mol. The van der Waals surface area contributed by atoms with Crippen LogP contribution in [-0.4, -0.2) is 18.9 Å². The molecule has 2 aromatic carbocycles. The third-order valence-corrected chi connectivity index (χ3v) is 4.77. The molecular formula is C20H22N2O3. The van der Waals surface area contributed by atoms with E-state index in [-0.39, 0.29) is 17.9 Å².